The van der Waals surface area contributed by atoms with Crippen molar-refractivity contribution in [2.75, 3.05) is 13.2 Å². The Hall–Kier alpha value is -0.870. The number of nitrogens with one attached hydrogen (secondary N) is 1. The summed E-state index contributed by atoms with van der Waals surface area (Å²) in [5, 5.41) is 15.9. The highest BCUT2D eigenvalue weighted by Gasteiger charge is 2.43. The fraction of sp³-hybridized carbons (Fsp3) is 0.667. The van der Waals surface area contributed by atoms with Crippen LogP contribution in [0.4, 0.5) is 0 Å². The van der Waals surface area contributed by atoms with Gasteiger partial charge in [0.1, 0.15) is 12.4 Å². The average Bonchev–Trinajstić information content (AvgIpc) is 2.04. The number of hydrogen-bond acceptors (Lipinski definition) is 4. The van der Waals surface area contributed by atoms with Gasteiger partial charge >= 0.3 is 0 Å². The van der Waals surface area contributed by atoms with Crippen molar-refractivity contribution in [3.63, 3.8) is 0 Å². The molecule has 4 N–H and O–H groups in total. The zero-order valence-corrected chi connectivity index (χ0v) is 7.79. The molecule has 1 aliphatic carbocycles. The topological polar surface area (TPSA) is 79.3 Å². The largest absolute Gasteiger partial charge is 0.495 e. The molecule has 0 amide bonds. The van der Waals surface area contributed by atoms with Gasteiger partial charge in [-0.05, 0) is 19.4 Å². The van der Waals surface area contributed by atoms with Gasteiger partial charge in [0.2, 0.25) is 0 Å². The van der Waals surface area contributed by atoms with Gasteiger partial charge in [0.15, 0.2) is 0 Å². The zero-order valence-electron chi connectivity index (χ0n) is 7.79. The fourth-order valence-electron chi connectivity index (χ4n) is 1.44. The molecule has 4 nitrogen and oxygen atoms in total. The molecule has 0 radical (unpaired) electrons. The molecule has 0 aromatic rings. The zero-order chi connectivity index (χ0) is 9.90. The van der Waals surface area contributed by atoms with Gasteiger partial charge < -0.3 is 21.0 Å². The van der Waals surface area contributed by atoms with Gasteiger partial charge in [-0.2, -0.15) is 0 Å². The number of aliphatic hydroxyl groups is 1. The maximum Gasteiger partial charge on any atom is 0.111 e. The third-order valence-electron chi connectivity index (χ3n) is 2.50. The van der Waals surface area contributed by atoms with Crippen molar-refractivity contribution in [1.29, 1.82) is 5.41 Å². The van der Waals surface area contributed by atoms with Crippen molar-refractivity contribution in [1.82, 2.24) is 0 Å². The highest BCUT2D eigenvalue weighted by atomic mass is 16.5. The Morgan fingerprint density at radius 1 is 1.92 bits per heavy atom. The molecule has 0 spiro atoms. The van der Waals surface area contributed by atoms with Crippen LogP contribution in [0.2, 0.25) is 0 Å². The van der Waals surface area contributed by atoms with E-state index >= 15 is 0 Å². The number of ether oxygens (including phenoxy) is 1. The predicted octanol–water partition coefficient (Wildman–Crippen LogP) is 0.266. The Labute approximate surface area is 77.9 Å². The third kappa shape index (κ3) is 1.59. The lowest BCUT2D eigenvalue weighted by Crippen LogP contribution is -2.47. The molecule has 0 aliphatic heterocycles. The van der Waals surface area contributed by atoms with Crippen molar-refractivity contribution in [2.45, 2.75) is 19.4 Å². The standard InChI is InChI=1S/C9H16N2O2/c1-7(11)9(6-10)3-2-8(9)13-5-4-12/h2,6-7,10,12H,3-5,11H2,1H3. The molecule has 13 heavy (non-hydrogen) atoms. The molecule has 0 bridgehead atoms. The van der Waals surface area contributed by atoms with E-state index in [1.807, 2.05) is 13.0 Å². The molecule has 1 aliphatic rings. The van der Waals surface area contributed by atoms with Crippen molar-refractivity contribution < 1.29 is 9.84 Å². The molecule has 0 heterocycles. The quantitative estimate of drug-likeness (QED) is 0.536. The van der Waals surface area contributed by atoms with Crippen LogP contribution in [0.3, 0.4) is 0 Å². The number of rotatable bonds is 5. The van der Waals surface area contributed by atoms with Crippen LogP contribution >= 0.6 is 0 Å². The molecule has 0 aromatic heterocycles. The van der Waals surface area contributed by atoms with Gasteiger partial charge in [-0.25, -0.2) is 0 Å². The molecule has 74 valence electrons. The van der Waals surface area contributed by atoms with Crippen LogP contribution in [0, 0.1) is 10.8 Å². The Balaban J connectivity index is 2.62. The van der Waals surface area contributed by atoms with E-state index in [1.54, 1.807) is 0 Å². The van der Waals surface area contributed by atoms with Gasteiger partial charge in [0, 0.05) is 12.3 Å². The molecule has 0 saturated carbocycles. The summed E-state index contributed by atoms with van der Waals surface area (Å²) in [7, 11) is 0. The molecular formula is C9H16N2O2. The van der Waals surface area contributed by atoms with Gasteiger partial charge in [-0.3, -0.25) is 0 Å². The normalized spacial score (nSPS) is 28.7. The number of nitrogens with two attached hydrogens (primary N) is 1. The summed E-state index contributed by atoms with van der Waals surface area (Å²) in [6.07, 6.45) is 4.00. The van der Waals surface area contributed by atoms with E-state index in [-0.39, 0.29) is 19.3 Å². The molecule has 4 heteroatoms. The second kappa shape index (κ2) is 3.89. The number of aliphatic hydroxyl groups excluding tert-OH is 1. The lowest BCUT2D eigenvalue weighted by Gasteiger charge is -2.40. The first-order chi connectivity index (χ1) is 6.17. The maximum absolute atomic E-state index is 8.58. The SMILES string of the molecule is CC(N)C1(C=N)CC=C1OCCO. The van der Waals surface area contributed by atoms with Crippen LogP contribution < -0.4 is 5.73 Å². The molecule has 1 rings (SSSR count). The van der Waals surface area contributed by atoms with E-state index in [9.17, 15) is 0 Å². The number of allylic oxidation sites excluding steroid dienone is 1. The van der Waals surface area contributed by atoms with Crippen molar-refractivity contribution in [3.8, 4) is 0 Å². The van der Waals surface area contributed by atoms with Gasteiger partial charge in [0.25, 0.3) is 0 Å². The van der Waals surface area contributed by atoms with Crippen LogP contribution in [0.25, 0.3) is 0 Å². The molecule has 0 saturated heterocycles. The van der Waals surface area contributed by atoms with Crippen LogP contribution in [-0.4, -0.2) is 30.6 Å². The van der Waals surface area contributed by atoms with Crippen LogP contribution in [0.1, 0.15) is 13.3 Å². The Morgan fingerprint density at radius 3 is 2.92 bits per heavy atom. The highest BCUT2D eigenvalue weighted by Crippen LogP contribution is 2.42. The van der Waals surface area contributed by atoms with E-state index < -0.39 is 5.41 Å². The van der Waals surface area contributed by atoms with E-state index in [0.29, 0.717) is 0 Å². The van der Waals surface area contributed by atoms with Crippen molar-refractivity contribution in [3.05, 3.63) is 11.8 Å². The average molecular weight is 184 g/mol. The van der Waals surface area contributed by atoms with Gasteiger partial charge in [-0.15, -0.1) is 0 Å². The summed E-state index contributed by atoms with van der Waals surface area (Å²) in [6, 6.07) is -0.122. The van der Waals surface area contributed by atoms with Crippen LogP contribution in [0.5, 0.6) is 0 Å². The van der Waals surface area contributed by atoms with E-state index in [0.717, 1.165) is 12.2 Å². The van der Waals surface area contributed by atoms with Crippen LogP contribution in [-0.2, 0) is 4.74 Å². The minimum atomic E-state index is -0.421. The summed E-state index contributed by atoms with van der Waals surface area (Å²) in [5.74, 6) is 0.728. The lowest BCUT2D eigenvalue weighted by molar-refractivity contribution is 0.0916. The van der Waals surface area contributed by atoms with Gasteiger partial charge in [-0.1, -0.05) is 0 Å². The van der Waals surface area contributed by atoms with E-state index in [2.05, 4.69) is 0 Å². The molecule has 0 fully saturated rings. The van der Waals surface area contributed by atoms with E-state index in [1.165, 1.54) is 6.21 Å². The fourth-order valence-corrected chi connectivity index (χ4v) is 1.44. The van der Waals surface area contributed by atoms with Crippen molar-refractivity contribution >= 4 is 6.21 Å². The Kier molecular flexibility index (Phi) is 3.06. The number of hydrogen-bond donors (Lipinski definition) is 3. The smallest absolute Gasteiger partial charge is 0.111 e. The summed E-state index contributed by atoms with van der Waals surface area (Å²) in [4.78, 5) is 0. The minimum absolute atomic E-state index is 0.00955. The second-order valence-electron chi connectivity index (χ2n) is 3.32. The molecule has 0 aromatic carbocycles. The molecule has 2 unspecified atom stereocenters. The summed E-state index contributed by atoms with van der Waals surface area (Å²) in [5.41, 5.74) is 5.35. The van der Waals surface area contributed by atoms with Crippen LogP contribution in [0.15, 0.2) is 11.8 Å². The highest BCUT2D eigenvalue weighted by molar-refractivity contribution is 5.71. The monoisotopic (exact) mass is 184 g/mol. The summed E-state index contributed by atoms with van der Waals surface area (Å²) >= 11 is 0. The molecule has 2 atom stereocenters. The lowest BCUT2D eigenvalue weighted by atomic mass is 9.70. The molecular weight excluding hydrogens is 168 g/mol. The van der Waals surface area contributed by atoms with Gasteiger partial charge in [0.05, 0.1) is 12.0 Å². The maximum atomic E-state index is 8.58. The summed E-state index contributed by atoms with van der Waals surface area (Å²) < 4.78 is 5.28. The first kappa shape index (κ1) is 10.2. The Morgan fingerprint density at radius 2 is 2.62 bits per heavy atom. The Bertz CT molecular complexity index is 226. The minimum Gasteiger partial charge on any atom is -0.495 e. The van der Waals surface area contributed by atoms with Crippen molar-refractivity contribution in [2.24, 2.45) is 11.1 Å². The first-order valence-corrected chi connectivity index (χ1v) is 4.39. The van der Waals surface area contributed by atoms with E-state index in [4.69, 9.17) is 21.0 Å². The summed E-state index contributed by atoms with van der Waals surface area (Å²) in [6.45, 7) is 2.12. The first-order valence-electron chi connectivity index (χ1n) is 4.39. The second-order valence-corrected chi connectivity index (χ2v) is 3.32. The third-order valence-corrected chi connectivity index (χ3v) is 2.50. The predicted molar refractivity (Wildman–Crippen MR) is 50.6 cm³/mol.